The molecular formula is C28H24Cl2N2O4S. The summed E-state index contributed by atoms with van der Waals surface area (Å²) in [5, 5.41) is 3.54. The monoisotopic (exact) mass is 554 g/mol. The van der Waals surface area contributed by atoms with Crippen LogP contribution >= 0.6 is 35.4 Å². The van der Waals surface area contributed by atoms with Crippen LogP contribution in [0, 0.1) is 13.8 Å². The van der Waals surface area contributed by atoms with E-state index in [2.05, 4.69) is 5.32 Å². The third kappa shape index (κ3) is 6.13. The highest BCUT2D eigenvalue weighted by Crippen LogP contribution is 2.38. The zero-order valence-electron chi connectivity index (χ0n) is 20.4. The van der Waals surface area contributed by atoms with Gasteiger partial charge in [0.1, 0.15) is 12.2 Å². The molecule has 0 unspecified atom stereocenters. The first-order chi connectivity index (χ1) is 17.7. The third-order valence-electron chi connectivity index (χ3n) is 5.51. The summed E-state index contributed by atoms with van der Waals surface area (Å²) < 4.78 is 11.7. The third-order valence-corrected chi connectivity index (χ3v) is 6.32. The van der Waals surface area contributed by atoms with Crippen molar-refractivity contribution >= 4 is 64.1 Å². The average molecular weight is 555 g/mol. The Balaban J connectivity index is 1.67. The SMILES string of the molecule is CCOc1cc(/C=C2\C(=O)NC(=S)N(c3cc(C)cc(C)c3)C2=O)cc(Cl)c1OCc1ccc(Cl)cc1. The largest absolute Gasteiger partial charge is 0.490 e. The lowest BCUT2D eigenvalue weighted by Crippen LogP contribution is -2.54. The highest BCUT2D eigenvalue weighted by atomic mass is 35.5. The Hall–Kier alpha value is -3.39. The van der Waals surface area contributed by atoms with Gasteiger partial charge in [-0.05, 0) is 97.7 Å². The van der Waals surface area contributed by atoms with Crippen molar-refractivity contribution in [3.05, 3.63) is 92.5 Å². The van der Waals surface area contributed by atoms with E-state index in [9.17, 15) is 9.59 Å². The molecule has 0 bridgehead atoms. The van der Waals surface area contributed by atoms with Crippen molar-refractivity contribution in [2.75, 3.05) is 11.5 Å². The van der Waals surface area contributed by atoms with Gasteiger partial charge in [0.05, 0.1) is 17.3 Å². The van der Waals surface area contributed by atoms with Crippen molar-refractivity contribution in [2.24, 2.45) is 0 Å². The van der Waals surface area contributed by atoms with E-state index in [1.807, 2.05) is 51.1 Å². The Morgan fingerprint density at radius 1 is 0.973 bits per heavy atom. The van der Waals surface area contributed by atoms with E-state index in [0.717, 1.165) is 16.7 Å². The van der Waals surface area contributed by atoms with Crippen LogP contribution in [-0.4, -0.2) is 23.5 Å². The Kier molecular flexibility index (Phi) is 8.17. The normalized spacial score (nSPS) is 14.7. The fraction of sp³-hybridized carbons (Fsp3) is 0.179. The lowest BCUT2D eigenvalue weighted by atomic mass is 10.1. The molecule has 1 N–H and O–H groups in total. The minimum absolute atomic E-state index is 0.0242. The molecule has 0 aromatic heterocycles. The van der Waals surface area contributed by atoms with Crippen molar-refractivity contribution in [3.63, 3.8) is 0 Å². The minimum atomic E-state index is -0.590. The molecule has 1 fully saturated rings. The van der Waals surface area contributed by atoms with Crippen molar-refractivity contribution in [1.29, 1.82) is 0 Å². The molecule has 0 spiro atoms. The van der Waals surface area contributed by atoms with Gasteiger partial charge in [-0.3, -0.25) is 19.8 Å². The number of anilines is 1. The van der Waals surface area contributed by atoms with Gasteiger partial charge in [-0.1, -0.05) is 41.4 Å². The second-order valence-electron chi connectivity index (χ2n) is 8.48. The second-order valence-corrected chi connectivity index (χ2v) is 9.71. The van der Waals surface area contributed by atoms with Gasteiger partial charge < -0.3 is 9.47 Å². The summed E-state index contributed by atoms with van der Waals surface area (Å²) in [4.78, 5) is 27.5. The minimum Gasteiger partial charge on any atom is -0.490 e. The predicted octanol–water partition coefficient (Wildman–Crippen LogP) is 6.42. The molecule has 1 heterocycles. The van der Waals surface area contributed by atoms with E-state index < -0.39 is 11.8 Å². The molecule has 1 aliphatic rings. The molecule has 4 rings (SSSR count). The van der Waals surface area contributed by atoms with Gasteiger partial charge >= 0.3 is 0 Å². The van der Waals surface area contributed by atoms with Crippen LogP contribution in [0.25, 0.3) is 6.08 Å². The number of rotatable bonds is 7. The molecule has 2 amide bonds. The van der Waals surface area contributed by atoms with Gasteiger partial charge in [0.25, 0.3) is 11.8 Å². The molecule has 190 valence electrons. The van der Waals surface area contributed by atoms with Crippen LogP contribution in [0.15, 0.2) is 60.2 Å². The number of carbonyl (C=O) groups is 2. The van der Waals surface area contributed by atoms with Gasteiger partial charge in [-0.2, -0.15) is 0 Å². The summed E-state index contributed by atoms with van der Waals surface area (Å²) in [7, 11) is 0. The quantitative estimate of drug-likeness (QED) is 0.207. The molecule has 0 radical (unpaired) electrons. The summed E-state index contributed by atoms with van der Waals surface area (Å²) in [6.07, 6.45) is 1.46. The van der Waals surface area contributed by atoms with E-state index in [4.69, 9.17) is 44.9 Å². The molecule has 37 heavy (non-hydrogen) atoms. The fourth-order valence-corrected chi connectivity index (χ4v) is 4.63. The highest BCUT2D eigenvalue weighted by molar-refractivity contribution is 7.80. The van der Waals surface area contributed by atoms with Crippen molar-refractivity contribution in [2.45, 2.75) is 27.4 Å². The van der Waals surface area contributed by atoms with E-state index in [-0.39, 0.29) is 22.3 Å². The van der Waals surface area contributed by atoms with Gasteiger partial charge in [0, 0.05) is 5.02 Å². The zero-order chi connectivity index (χ0) is 26.7. The van der Waals surface area contributed by atoms with Crippen molar-refractivity contribution in [1.82, 2.24) is 5.32 Å². The number of aryl methyl sites for hydroxylation is 2. The lowest BCUT2D eigenvalue weighted by Gasteiger charge is -2.29. The van der Waals surface area contributed by atoms with Crippen molar-refractivity contribution < 1.29 is 19.1 Å². The second kappa shape index (κ2) is 11.3. The number of nitrogens with zero attached hydrogens (tertiary/aromatic N) is 1. The summed E-state index contributed by atoms with van der Waals surface area (Å²) in [6, 6.07) is 16.2. The molecule has 1 aliphatic heterocycles. The molecule has 6 nitrogen and oxygen atoms in total. The maximum absolute atomic E-state index is 13.4. The molecular weight excluding hydrogens is 531 g/mol. The first-order valence-corrected chi connectivity index (χ1v) is 12.7. The maximum Gasteiger partial charge on any atom is 0.270 e. The Bertz CT molecular complexity index is 1400. The number of carbonyl (C=O) groups excluding carboxylic acids is 2. The van der Waals surface area contributed by atoms with E-state index in [0.29, 0.717) is 34.4 Å². The number of ether oxygens (including phenoxy) is 2. The molecule has 1 saturated heterocycles. The van der Waals surface area contributed by atoms with Crippen LogP contribution < -0.4 is 19.7 Å². The van der Waals surface area contributed by atoms with Gasteiger partial charge in [0.15, 0.2) is 16.6 Å². The Morgan fingerprint density at radius 3 is 2.30 bits per heavy atom. The van der Waals surface area contributed by atoms with Crippen molar-refractivity contribution in [3.8, 4) is 11.5 Å². The topological polar surface area (TPSA) is 67.9 Å². The first kappa shape index (κ1) is 26.7. The van der Waals surface area contributed by atoms with Crippen LogP contribution in [0.5, 0.6) is 11.5 Å². The highest BCUT2D eigenvalue weighted by Gasteiger charge is 2.34. The van der Waals surface area contributed by atoms with Gasteiger partial charge in [0.2, 0.25) is 0 Å². The maximum atomic E-state index is 13.4. The summed E-state index contributed by atoms with van der Waals surface area (Å²) in [5.74, 6) is -0.372. The van der Waals surface area contributed by atoms with E-state index in [1.165, 1.54) is 11.0 Å². The number of nitrogens with one attached hydrogen (secondary N) is 1. The number of amides is 2. The van der Waals surface area contributed by atoms with Crippen LogP contribution in [0.3, 0.4) is 0 Å². The summed E-state index contributed by atoms with van der Waals surface area (Å²) in [5.41, 5.74) is 3.84. The molecule has 9 heteroatoms. The molecule has 0 atom stereocenters. The van der Waals surface area contributed by atoms with E-state index >= 15 is 0 Å². The standard InChI is InChI=1S/C28H24Cl2N2O4S/c1-4-35-24-14-19(13-23(30)25(24)36-15-18-5-7-20(29)8-6-18)12-22-26(33)31-28(37)32(27(22)34)21-10-16(2)9-17(3)11-21/h5-14H,4,15H2,1-3H3,(H,31,33,37)/b22-12+. The van der Waals surface area contributed by atoms with Gasteiger partial charge in [-0.25, -0.2) is 0 Å². The van der Waals surface area contributed by atoms with Crippen LogP contribution in [0.2, 0.25) is 10.0 Å². The number of thiocarbonyl (C=S) groups is 1. The Labute approximate surface area is 230 Å². The molecule has 3 aromatic rings. The van der Waals surface area contributed by atoms with Crippen LogP contribution in [0.1, 0.15) is 29.2 Å². The molecule has 3 aromatic carbocycles. The zero-order valence-corrected chi connectivity index (χ0v) is 22.8. The Morgan fingerprint density at radius 2 is 1.65 bits per heavy atom. The van der Waals surface area contributed by atoms with Gasteiger partial charge in [-0.15, -0.1) is 0 Å². The fourth-order valence-electron chi connectivity index (χ4n) is 3.95. The lowest BCUT2D eigenvalue weighted by molar-refractivity contribution is -0.122. The number of benzene rings is 3. The predicted molar refractivity (Wildman–Crippen MR) is 151 cm³/mol. The van der Waals surface area contributed by atoms with E-state index in [1.54, 1.807) is 24.3 Å². The number of hydrogen-bond acceptors (Lipinski definition) is 5. The average Bonchev–Trinajstić information content (AvgIpc) is 2.82. The first-order valence-electron chi connectivity index (χ1n) is 11.5. The smallest absolute Gasteiger partial charge is 0.270 e. The summed E-state index contributed by atoms with van der Waals surface area (Å²) in [6.45, 7) is 6.31. The summed E-state index contributed by atoms with van der Waals surface area (Å²) >= 11 is 17.8. The molecule has 0 saturated carbocycles. The van der Waals surface area contributed by atoms with Crippen LogP contribution in [-0.2, 0) is 16.2 Å². The number of halogens is 2. The number of hydrogen-bond donors (Lipinski definition) is 1. The van der Waals surface area contributed by atoms with Crippen LogP contribution in [0.4, 0.5) is 5.69 Å². The molecule has 0 aliphatic carbocycles.